The van der Waals surface area contributed by atoms with Gasteiger partial charge in [-0.2, -0.15) is 0 Å². The van der Waals surface area contributed by atoms with E-state index >= 15 is 0 Å². The van der Waals surface area contributed by atoms with Gasteiger partial charge in [0.15, 0.2) is 0 Å². The molecule has 1 aromatic heterocycles. The largest absolute Gasteiger partial charge is 0.361 e. The number of fused-ring (bicyclic) bond motifs is 1. The molecule has 1 fully saturated rings. The highest BCUT2D eigenvalue weighted by Gasteiger charge is 2.35. The van der Waals surface area contributed by atoms with Gasteiger partial charge in [0, 0.05) is 35.6 Å². The number of carbonyl (C=O) groups is 2. The summed E-state index contributed by atoms with van der Waals surface area (Å²) in [5, 5.41) is 4.34. The van der Waals surface area contributed by atoms with Gasteiger partial charge >= 0.3 is 6.03 Å². The van der Waals surface area contributed by atoms with E-state index in [4.69, 9.17) is 11.6 Å². The van der Waals surface area contributed by atoms with Crippen molar-refractivity contribution >= 4 is 34.4 Å². The molecule has 0 radical (unpaired) electrons. The number of aromatic amines is 1. The number of urea groups is 1. The summed E-state index contributed by atoms with van der Waals surface area (Å²) in [6, 6.07) is 4.71. The van der Waals surface area contributed by atoms with E-state index < -0.39 is 6.04 Å². The highest BCUT2D eigenvalue weighted by molar-refractivity contribution is 6.31. The molecule has 1 aliphatic heterocycles. The lowest BCUT2D eigenvalue weighted by atomic mass is 10.1. The van der Waals surface area contributed by atoms with E-state index in [1.165, 1.54) is 7.05 Å². The Morgan fingerprint density at radius 2 is 2.16 bits per heavy atom. The van der Waals surface area contributed by atoms with Crippen LogP contribution in [0, 0.1) is 0 Å². The molecule has 98 valence electrons. The van der Waals surface area contributed by atoms with E-state index in [9.17, 15) is 9.59 Å². The van der Waals surface area contributed by atoms with Crippen molar-refractivity contribution in [2.75, 3.05) is 7.05 Å². The maximum atomic E-state index is 11.8. The highest BCUT2D eigenvalue weighted by atomic mass is 35.5. The zero-order chi connectivity index (χ0) is 13.6. The number of rotatable bonds is 2. The maximum absolute atomic E-state index is 11.8. The molecule has 2 N–H and O–H groups in total. The quantitative estimate of drug-likeness (QED) is 0.824. The van der Waals surface area contributed by atoms with Crippen molar-refractivity contribution in [2.45, 2.75) is 12.5 Å². The number of amides is 3. The molecule has 0 spiro atoms. The van der Waals surface area contributed by atoms with Gasteiger partial charge in [-0.25, -0.2) is 4.79 Å². The van der Waals surface area contributed by atoms with Crippen molar-refractivity contribution in [3.8, 4) is 0 Å². The number of imide groups is 1. The number of nitrogens with zero attached hydrogens (tertiary/aromatic N) is 1. The molecule has 2 heterocycles. The van der Waals surface area contributed by atoms with Crippen LogP contribution in [0.15, 0.2) is 24.4 Å². The van der Waals surface area contributed by atoms with Crippen LogP contribution in [0.4, 0.5) is 4.79 Å². The zero-order valence-electron chi connectivity index (χ0n) is 10.2. The van der Waals surface area contributed by atoms with Crippen LogP contribution in [0.5, 0.6) is 0 Å². The number of hydrogen-bond acceptors (Lipinski definition) is 2. The molecule has 5 nitrogen and oxygen atoms in total. The molecule has 1 saturated heterocycles. The normalized spacial score (nSPS) is 19.3. The Morgan fingerprint density at radius 3 is 2.84 bits per heavy atom. The monoisotopic (exact) mass is 277 g/mol. The van der Waals surface area contributed by atoms with Crippen LogP contribution < -0.4 is 5.32 Å². The molecule has 1 aliphatic rings. The summed E-state index contributed by atoms with van der Waals surface area (Å²) < 4.78 is 0. The maximum Gasteiger partial charge on any atom is 0.324 e. The number of hydrogen-bond donors (Lipinski definition) is 2. The summed E-state index contributed by atoms with van der Waals surface area (Å²) in [5.41, 5.74) is 1.91. The Labute approximate surface area is 114 Å². The summed E-state index contributed by atoms with van der Waals surface area (Å²) in [6.07, 6.45) is 2.31. The standard InChI is InChI=1S/C13H12ClN3O2/c1-17-12(18)11(16-13(17)19)4-7-6-15-10-5-8(14)2-3-9(7)10/h2-3,5-6,11,15H,4H2,1H3,(H,16,19). The summed E-state index contributed by atoms with van der Waals surface area (Å²) in [7, 11) is 1.48. The Morgan fingerprint density at radius 1 is 1.37 bits per heavy atom. The van der Waals surface area contributed by atoms with Crippen LogP contribution in [0.25, 0.3) is 10.9 Å². The predicted molar refractivity (Wildman–Crippen MR) is 72.1 cm³/mol. The Bertz CT molecular complexity index is 680. The topological polar surface area (TPSA) is 65.2 Å². The lowest BCUT2D eigenvalue weighted by molar-refractivity contribution is -0.126. The summed E-state index contributed by atoms with van der Waals surface area (Å²) in [4.78, 5) is 27.5. The fraction of sp³-hybridized carbons (Fsp3) is 0.231. The smallest absolute Gasteiger partial charge is 0.324 e. The van der Waals surface area contributed by atoms with Crippen molar-refractivity contribution < 1.29 is 9.59 Å². The van der Waals surface area contributed by atoms with Crippen LogP contribution >= 0.6 is 11.6 Å². The molecule has 3 amide bonds. The number of carbonyl (C=O) groups excluding carboxylic acids is 2. The Balaban J connectivity index is 1.90. The van der Waals surface area contributed by atoms with Gasteiger partial charge in [0.2, 0.25) is 0 Å². The predicted octanol–water partition coefficient (Wildman–Crippen LogP) is 1.91. The first-order chi connectivity index (χ1) is 9.06. The molecule has 19 heavy (non-hydrogen) atoms. The SMILES string of the molecule is CN1C(=O)NC(Cc2c[nH]c3cc(Cl)ccc23)C1=O. The summed E-state index contributed by atoms with van der Waals surface area (Å²) in [5.74, 6) is -0.201. The van der Waals surface area contributed by atoms with Crippen molar-refractivity contribution in [1.82, 2.24) is 15.2 Å². The number of halogens is 1. The van der Waals surface area contributed by atoms with Crippen molar-refractivity contribution in [3.05, 3.63) is 35.0 Å². The van der Waals surface area contributed by atoms with Crippen LogP contribution in [0.3, 0.4) is 0 Å². The minimum Gasteiger partial charge on any atom is -0.361 e. The minimum absolute atomic E-state index is 0.201. The number of H-pyrrole nitrogens is 1. The molecule has 0 bridgehead atoms. The number of aromatic nitrogens is 1. The molecule has 1 unspecified atom stereocenters. The molecule has 1 aromatic carbocycles. The second-order valence-corrected chi connectivity index (χ2v) is 5.04. The third-order valence-electron chi connectivity index (χ3n) is 3.38. The first-order valence-electron chi connectivity index (χ1n) is 5.90. The molecule has 6 heteroatoms. The van der Waals surface area contributed by atoms with Gasteiger partial charge in [0.05, 0.1) is 0 Å². The molecule has 0 saturated carbocycles. The molecular formula is C13H12ClN3O2. The zero-order valence-corrected chi connectivity index (χ0v) is 11.0. The van der Waals surface area contributed by atoms with Gasteiger partial charge in [-0.05, 0) is 17.7 Å². The lowest BCUT2D eigenvalue weighted by Gasteiger charge is -2.07. The second-order valence-electron chi connectivity index (χ2n) is 4.61. The van der Waals surface area contributed by atoms with Gasteiger partial charge < -0.3 is 10.3 Å². The molecule has 3 rings (SSSR count). The Kier molecular flexibility index (Phi) is 2.71. The van der Waals surface area contributed by atoms with Gasteiger partial charge in [-0.1, -0.05) is 17.7 Å². The third-order valence-corrected chi connectivity index (χ3v) is 3.62. The Hall–Kier alpha value is -2.01. The molecular weight excluding hydrogens is 266 g/mol. The van der Waals surface area contributed by atoms with Crippen molar-refractivity contribution in [2.24, 2.45) is 0 Å². The van der Waals surface area contributed by atoms with Gasteiger partial charge in [0.1, 0.15) is 6.04 Å². The van der Waals surface area contributed by atoms with Gasteiger partial charge in [-0.15, -0.1) is 0 Å². The highest BCUT2D eigenvalue weighted by Crippen LogP contribution is 2.23. The van der Waals surface area contributed by atoms with Gasteiger partial charge in [-0.3, -0.25) is 9.69 Å². The van der Waals surface area contributed by atoms with Crippen molar-refractivity contribution in [1.29, 1.82) is 0 Å². The third kappa shape index (κ3) is 1.96. The van der Waals surface area contributed by atoms with Crippen LogP contribution in [0.2, 0.25) is 5.02 Å². The van der Waals surface area contributed by atoms with E-state index in [0.717, 1.165) is 21.4 Å². The van der Waals surface area contributed by atoms with Gasteiger partial charge in [0.25, 0.3) is 5.91 Å². The number of likely N-dealkylation sites (N-methyl/N-ethyl adjacent to an activating group) is 1. The minimum atomic E-state index is -0.493. The fourth-order valence-corrected chi connectivity index (χ4v) is 2.50. The summed E-state index contributed by atoms with van der Waals surface area (Å²) in [6.45, 7) is 0. The van der Waals surface area contributed by atoms with E-state index in [2.05, 4.69) is 10.3 Å². The summed E-state index contributed by atoms with van der Waals surface area (Å²) >= 11 is 5.92. The average molecular weight is 278 g/mol. The lowest BCUT2D eigenvalue weighted by Crippen LogP contribution is -2.31. The van der Waals surface area contributed by atoms with Crippen LogP contribution in [-0.2, 0) is 11.2 Å². The molecule has 2 aromatic rings. The van der Waals surface area contributed by atoms with Crippen molar-refractivity contribution in [3.63, 3.8) is 0 Å². The fourth-order valence-electron chi connectivity index (χ4n) is 2.33. The van der Waals surface area contributed by atoms with E-state index in [0.29, 0.717) is 11.4 Å². The molecule has 1 atom stereocenters. The number of benzene rings is 1. The number of nitrogens with one attached hydrogen (secondary N) is 2. The van der Waals surface area contributed by atoms with E-state index in [-0.39, 0.29) is 11.9 Å². The van der Waals surface area contributed by atoms with Crippen LogP contribution in [0.1, 0.15) is 5.56 Å². The average Bonchev–Trinajstić information content (AvgIpc) is 2.87. The van der Waals surface area contributed by atoms with Crippen LogP contribution in [-0.4, -0.2) is 34.9 Å². The molecule has 0 aliphatic carbocycles. The van der Waals surface area contributed by atoms with E-state index in [1.807, 2.05) is 24.4 Å². The first kappa shape index (κ1) is 12.0. The van der Waals surface area contributed by atoms with E-state index in [1.54, 1.807) is 0 Å². The first-order valence-corrected chi connectivity index (χ1v) is 6.27. The second kappa shape index (κ2) is 4.28.